The second kappa shape index (κ2) is 7.34. The molecule has 1 aliphatic rings. The molecule has 0 saturated carbocycles. The van der Waals surface area contributed by atoms with Gasteiger partial charge in [-0.2, -0.15) is 13.2 Å². The van der Waals surface area contributed by atoms with Crippen molar-refractivity contribution in [1.82, 2.24) is 4.90 Å². The van der Waals surface area contributed by atoms with Gasteiger partial charge in [-0.3, -0.25) is 0 Å². The molecule has 1 unspecified atom stereocenters. The Hall–Kier alpha value is -1.23. The third-order valence-corrected chi connectivity index (χ3v) is 4.87. The van der Waals surface area contributed by atoms with Gasteiger partial charge in [-0.05, 0) is 62.0 Å². The largest absolute Gasteiger partial charge is 0.396 e. The Kier molecular flexibility index (Phi) is 5.84. The first kappa shape index (κ1) is 19.1. The van der Waals surface area contributed by atoms with Gasteiger partial charge in [0.25, 0.3) is 0 Å². The normalized spacial score (nSPS) is 19.3. The number of likely N-dealkylation sites (tertiary alicyclic amines) is 1. The quantitative estimate of drug-likeness (QED) is 0.816. The lowest BCUT2D eigenvalue weighted by Gasteiger charge is -2.33. The monoisotopic (exact) mass is 342 g/mol. The van der Waals surface area contributed by atoms with Crippen LogP contribution in [0.1, 0.15) is 45.1 Å². The van der Waals surface area contributed by atoms with Gasteiger partial charge in [0.1, 0.15) is 0 Å². The van der Waals surface area contributed by atoms with Crippen molar-refractivity contribution in [3.8, 4) is 0 Å². The molecule has 0 amide bonds. The maximum absolute atomic E-state index is 13.4. The third-order valence-electron chi connectivity index (χ3n) is 4.87. The molecular formula is C19H29F3N2. The van der Waals surface area contributed by atoms with Crippen molar-refractivity contribution < 1.29 is 13.2 Å². The van der Waals surface area contributed by atoms with Gasteiger partial charge in [0.05, 0.1) is 5.92 Å². The third kappa shape index (κ3) is 5.13. The van der Waals surface area contributed by atoms with Gasteiger partial charge >= 0.3 is 6.18 Å². The Morgan fingerprint density at radius 1 is 1.08 bits per heavy atom. The van der Waals surface area contributed by atoms with E-state index in [-0.39, 0.29) is 0 Å². The zero-order valence-corrected chi connectivity index (χ0v) is 15.1. The molecule has 2 rings (SSSR count). The lowest BCUT2D eigenvalue weighted by molar-refractivity contribution is -0.171. The minimum Gasteiger partial charge on any atom is -0.385 e. The second-order valence-electron chi connectivity index (χ2n) is 8.09. The topological polar surface area (TPSA) is 15.3 Å². The van der Waals surface area contributed by atoms with Gasteiger partial charge < -0.3 is 10.2 Å². The maximum atomic E-state index is 13.4. The first-order valence-corrected chi connectivity index (χ1v) is 8.66. The van der Waals surface area contributed by atoms with Crippen molar-refractivity contribution in [2.24, 2.45) is 11.3 Å². The Balaban J connectivity index is 1.99. The van der Waals surface area contributed by atoms with E-state index in [1.807, 2.05) is 0 Å². The van der Waals surface area contributed by atoms with Crippen molar-refractivity contribution in [2.75, 3.05) is 32.0 Å². The fraction of sp³-hybridized carbons (Fsp3) is 0.684. The maximum Gasteiger partial charge on any atom is 0.396 e. The summed E-state index contributed by atoms with van der Waals surface area (Å²) in [4.78, 5) is 2.33. The van der Waals surface area contributed by atoms with E-state index in [0.29, 0.717) is 11.5 Å². The fourth-order valence-corrected chi connectivity index (χ4v) is 3.50. The van der Waals surface area contributed by atoms with Crippen molar-refractivity contribution in [2.45, 2.75) is 45.7 Å². The Bertz CT molecular complexity index is 495. The minimum atomic E-state index is -4.23. The molecule has 1 atom stereocenters. The van der Waals surface area contributed by atoms with Gasteiger partial charge in [-0.1, -0.05) is 32.9 Å². The van der Waals surface area contributed by atoms with Gasteiger partial charge in [0, 0.05) is 12.2 Å². The minimum absolute atomic E-state index is 0.333. The Morgan fingerprint density at radius 2 is 1.62 bits per heavy atom. The molecule has 1 heterocycles. The number of nitrogens with zero attached hydrogens (tertiary/aromatic N) is 1. The smallest absolute Gasteiger partial charge is 0.385 e. The second-order valence-corrected chi connectivity index (χ2v) is 8.09. The summed E-state index contributed by atoms with van der Waals surface area (Å²) in [6, 6.07) is 6.77. The van der Waals surface area contributed by atoms with Crippen LogP contribution < -0.4 is 5.32 Å². The van der Waals surface area contributed by atoms with Crippen molar-refractivity contribution >= 4 is 5.69 Å². The van der Waals surface area contributed by atoms with Crippen LogP contribution in [0.3, 0.4) is 0 Å². The van der Waals surface area contributed by atoms with E-state index in [2.05, 4.69) is 17.3 Å². The SMILES string of the molecule is CN1CCC(CNc2ccc(C(C(C)(C)C)C(F)(F)F)cc2)CC1. The molecule has 0 radical (unpaired) electrons. The van der Waals surface area contributed by atoms with Gasteiger partial charge in [-0.25, -0.2) is 0 Å². The first-order valence-electron chi connectivity index (χ1n) is 8.66. The van der Waals surface area contributed by atoms with Crippen LogP contribution in [0.15, 0.2) is 24.3 Å². The van der Waals surface area contributed by atoms with Crippen LogP contribution in [0.25, 0.3) is 0 Å². The van der Waals surface area contributed by atoms with E-state index in [1.54, 1.807) is 45.0 Å². The van der Waals surface area contributed by atoms with E-state index in [9.17, 15) is 13.2 Å². The van der Waals surface area contributed by atoms with Crippen LogP contribution in [0.4, 0.5) is 18.9 Å². The first-order chi connectivity index (χ1) is 11.1. The molecule has 0 bridgehead atoms. The molecular weight excluding hydrogens is 313 g/mol. The average Bonchev–Trinajstić information content (AvgIpc) is 2.45. The predicted octanol–water partition coefficient (Wildman–Crippen LogP) is 5.13. The summed E-state index contributed by atoms with van der Waals surface area (Å²) in [7, 11) is 2.13. The molecule has 136 valence electrons. The molecule has 5 heteroatoms. The summed E-state index contributed by atoms with van der Waals surface area (Å²) in [5.74, 6) is -0.814. The Morgan fingerprint density at radius 3 is 2.08 bits per heavy atom. The average molecular weight is 342 g/mol. The molecule has 0 aliphatic carbocycles. The number of hydrogen-bond acceptors (Lipinski definition) is 2. The zero-order chi connectivity index (χ0) is 18.0. The molecule has 0 spiro atoms. The molecule has 24 heavy (non-hydrogen) atoms. The number of nitrogens with one attached hydrogen (secondary N) is 1. The van der Waals surface area contributed by atoms with Crippen LogP contribution in [0.5, 0.6) is 0 Å². The van der Waals surface area contributed by atoms with Gasteiger partial charge in [0.15, 0.2) is 0 Å². The number of piperidine rings is 1. The highest BCUT2D eigenvalue weighted by atomic mass is 19.4. The summed E-state index contributed by atoms with van der Waals surface area (Å²) in [5.41, 5.74) is 0.369. The van der Waals surface area contributed by atoms with E-state index in [1.165, 1.54) is 12.8 Å². The number of hydrogen-bond donors (Lipinski definition) is 1. The summed E-state index contributed by atoms with van der Waals surface area (Å²) in [6.45, 7) is 8.02. The zero-order valence-electron chi connectivity index (χ0n) is 15.1. The number of anilines is 1. The molecule has 1 N–H and O–H groups in total. The van der Waals surface area contributed by atoms with Crippen LogP contribution >= 0.6 is 0 Å². The molecule has 1 aromatic carbocycles. The predicted molar refractivity (Wildman–Crippen MR) is 93.4 cm³/mol. The molecule has 0 aromatic heterocycles. The van der Waals surface area contributed by atoms with Crippen LogP contribution in [-0.2, 0) is 0 Å². The summed E-state index contributed by atoms with van der Waals surface area (Å²) in [5, 5.41) is 3.37. The summed E-state index contributed by atoms with van der Waals surface area (Å²) >= 11 is 0. The fourth-order valence-electron chi connectivity index (χ4n) is 3.50. The van der Waals surface area contributed by atoms with E-state index >= 15 is 0 Å². The van der Waals surface area contributed by atoms with E-state index in [4.69, 9.17) is 0 Å². The lowest BCUT2D eigenvalue weighted by atomic mass is 9.76. The highest BCUT2D eigenvalue weighted by Gasteiger charge is 2.47. The van der Waals surface area contributed by atoms with E-state index < -0.39 is 17.5 Å². The number of rotatable bonds is 4. The number of halogens is 3. The van der Waals surface area contributed by atoms with Crippen molar-refractivity contribution in [3.05, 3.63) is 29.8 Å². The standard InChI is InChI=1S/C19H29F3N2/c1-18(2,3)17(19(20,21)22)15-5-7-16(8-6-15)23-13-14-9-11-24(4)12-10-14/h5-8,14,17,23H,9-13H2,1-4H3. The van der Waals surface area contributed by atoms with Gasteiger partial charge in [-0.15, -0.1) is 0 Å². The van der Waals surface area contributed by atoms with Gasteiger partial charge in [0.2, 0.25) is 0 Å². The van der Waals surface area contributed by atoms with E-state index in [0.717, 1.165) is 25.3 Å². The molecule has 1 saturated heterocycles. The number of alkyl halides is 3. The van der Waals surface area contributed by atoms with Crippen LogP contribution in [-0.4, -0.2) is 37.8 Å². The molecule has 1 aliphatic heterocycles. The van der Waals surface area contributed by atoms with Crippen molar-refractivity contribution in [3.63, 3.8) is 0 Å². The summed E-state index contributed by atoms with van der Waals surface area (Å²) in [6.07, 6.45) is -1.90. The highest BCUT2D eigenvalue weighted by molar-refractivity contribution is 5.45. The highest BCUT2D eigenvalue weighted by Crippen LogP contribution is 2.46. The number of benzene rings is 1. The van der Waals surface area contributed by atoms with Crippen molar-refractivity contribution in [1.29, 1.82) is 0 Å². The summed E-state index contributed by atoms with van der Waals surface area (Å²) < 4.78 is 40.2. The molecule has 1 aromatic rings. The molecule has 2 nitrogen and oxygen atoms in total. The molecule has 1 fully saturated rings. The lowest BCUT2D eigenvalue weighted by Crippen LogP contribution is -2.33. The van der Waals surface area contributed by atoms with Crippen LogP contribution in [0, 0.1) is 11.3 Å². The van der Waals surface area contributed by atoms with Crippen LogP contribution in [0.2, 0.25) is 0 Å². The Labute approximate surface area is 143 Å².